The van der Waals surface area contributed by atoms with Gasteiger partial charge in [0.15, 0.2) is 0 Å². The highest BCUT2D eigenvalue weighted by molar-refractivity contribution is 7.89. The first-order valence-corrected chi connectivity index (χ1v) is 7.71. The first-order valence-electron chi connectivity index (χ1n) is 5.47. The second-order valence-corrected chi connectivity index (χ2v) is 6.49. The molecule has 0 radical (unpaired) electrons. The smallest absolute Gasteiger partial charge is 0.321 e. The lowest BCUT2D eigenvalue weighted by Gasteiger charge is -2.14. The molecular formula is C11H13Cl2NO4S. The van der Waals surface area contributed by atoms with Crippen LogP contribution in [0.15, 0.2) is 23.1 Å². The first-order chi connectivity index (χ1) is 8.76. The van der Waals surface area contributed by atoms with E-state index < -0.39 is 22.0 Å². The monoisotopic (exact) mass is 325 g/mol. The molecule has 5 nitrogen and oxygen atoms in total. The largest absolute Gasteiger partial charge is 0.480 e. The fraction of sp³-hybridized carbons (Fsp3) is 0.364. The molecule has 0 saturated carbocycles. The van der Waals surface area contributed by atoms with E-state index in [-0.39, 0.29) is 21.4 Å². The van der Waals surface area contributed by atoms with Crippen molar-refractivity contribution in [1.29, 1.82) is 0 Å². The average Bonchev–Trinajstić information content (AvgIpc) is 2.26. The standard InChI is InChI=1S/C11H13Cl2NO4S/c1-2-3-10(11(15)16)14-19(17,18)9-5-7(12)4-8(13)6-9/h4-6,10,14H,2-3H2,1H3,(H,15,16)/t10-/m0/s1. The average molecular weight is 326 g/mol. The summed E-state index contributed by atoms with van der Waals surface area (Å²) < 4.78 is 26.2. The molecule has 0 fully saturated rings. The van der Waals surface area contributed by atoms with Gasteiger partial charge in [-0.1, -0.05) is 36.5 Å². The molecule has 106 valence electrons. The number of benzene rings is 1. The number of hydrogen-bond acceptors (Lipinski definition) is 3. The molecule has 19 heavy (non-hydrogen) atoms. The van der Waals surface area contributed by atoms with Gasteiger partial charge in [0, 0.05) is 10.0 Å². The highest BCUT2D eigenvalue weighted by atomic mass is 35.5. The van der Waals surface area contributed by atoms with E-state index in [1.807, 2.05) is 0 Å². The summed E-state index contributed by atoms with van der Waals surface area (Å²) in [5.41, 5.74) is 0. The van der Waals surface area contributed by atoms with Crippen molar-refractivity contribution in [2.24, 2.45) is 0 Å². The molecule has 0 aliphatic carbocycles. The molecule has 0 heterocycles. The Morgan fingerprint density at radius 2 is 1.84 bits per heavy atom. The Bertz CT molecular complexity index is 554. The normalized spacial score (nSPS) is 13.2. The molecule has 0 bridgehead atoms. The van der Waals surface area contributed by atoms with Gasteiger partial charge in [-0.3, -0.25) is 4.79 Å². The van der Waals surface area contributed by atoms with Gasteiger partial charge in [-0.15, -0.1) is 0 Å². The molecule has 2 N–H and O–H groups in total. The molecule has 0 aliphatic heterocycles. The van der Waals surface area contributed by atoms with Crippen LogP contribution in [0.25, 0.3) is 0 Å². The number of halogens is 2. The van der Waals surface area contributed by atoms with Crippen molar-refractivity contribution < 1.29 is 18.3 Å². The summed E-state index contributed by atoms with van der Waals surface area (Å²) in [4.78, 5) is 10.8. The van der Waals surface area contributed by atoms with Crippen LogP contribution in [0.5, 0.6) is 0 Å². The third-order valence-corrected chi connectivity index (χ3v) is 4.21. The minimum absolute atomic E-state index is 0.160. The van der Waals surface area contributed by atoms with Crippen molar-refractivity contribution >= 4 is 39.2 Å². The minimum Gasteiger partial charge on any atom is -0.480 e. The van der Waals surface area contributed by atoms with Gasteiger partial charge >= 0.3 is 5.97 Å². The van der Waals surface area contributed by atoms with Gasteiger partial charge in [-0.25, -0.2) is 8.42 Å². The Morgan fingerprint density at radius 3 is 2.26 bits per heavy atom. The Labute approximate surface area is 121 Å². The van der Waals surface area contributed by atoms with E-state index >= 15 is 0 Å². The van der Waals surface area contributed by atoms with Crippen LogP contribution in [0, 0.1) is 0 Å². The Morgan fingerprint density at radius 1 is 1.32 bits per heavy atom. The lowest BCUT2D eigenvalue weighted by Crippen LogP contribution is -2.40. The Hall–Kier alpha value is -0.820. The van der Waals surface area contributed by atoms with Gasteiger partial charge in [0.1, 0.15) is 6.04 Å². The van der Waals surface area contributed by atoms with Crippen LogP contribution in [0.1, 0.15) is 19.8 Å². The van der Waals surface area contributed by atoms with Crippen molar-refractivity contribution in [2.45, 2.75) is 30.7 Å². The Kier molecular flexibility index (Phi) is 5.61. The van der Waals surface area contributed by atoms with E-state index in [1.165, 1.54) is 18.2 Å². The maximum absolute atomic E-state index is 12.0. The van der Waals surface area contributed by atoms with Gasteiger partial charge in [0.05, 0.1) is 4.90 Å². The number of aliphatic carboxylic acids is 1. The summed E-state index contributed by atoms with van der Waals surface area (Å²) in [6.07, 6.45) is 0.735. The van der Waals surface area contributed by atoms with Gasteiger partial charge in [-0.2, -0.15) is 4.72 Å². The van der Waals surface area contributed by atoms with Crippen molar-refractivity contribution in [3.05, 3.63) is 28.2 Å². The predicted molar refractivity (Wildman–Crippen MR) is 73.1 cm³/mol. The molecule has 0 spiro atoms. The molecule has 1 aromatic carbocycles. The highest BCUT2D eigenvalue weighted by Crippen LogP contribution is 2.22. The van der Waals surface area contributed by atoms with E-state index in [0.717, 1.165) is 0 Å². The van der Waals surface area contributed by atoms with Gasteiger partial charge in [-0.05, 0) is 24.6 Å². The molecule has 0 saturated heterocycles. The number of hydrogen-bond donors (Lipinski definition) is 2. The molecule has 1 rings (SSSR count). The van der Waals surface area contributed by atoms with E-state index in [9.17, 15) is 13.2 Å². The van der Waals surface area contributed by atoms with Gasteiger partial charge in [0.25, 0.3) is 0 Å². The van der Waals surface area contributed by atoms with Crippen LogP contribution in [0.4, 0.5) is 0 Å². The summed E-state index contributed by atoms with van der Waals surface area (Å²) in [7, 11) is -3.97. The number of nitrogens with one attached hydrogen (secondary N) is 1. The summed E-state index contributed by atoms with van der Waals surface area (Å²) in [6, 6.07) is 2.64. The van der Waals surface area contributed by atoms with E-state index in [2.05, 4.69) is 4.72 Å². The molecule has 0 amide bonds. The quantitative estimate of drug-likeness (QED) is 0.841. The first kappa shape index (κ1) is 16.2. The zero-order valence-electron chi connectivity index (χ0n) is 10.1. The van der Waals surface area contributed by atoms with Crippen LogP contribution in [0.3, 0.4) is 0 Å². The molecule has 1 atom stereocenters. The van der Waals surface area contributed by atoms with Gasteiger partial charge < -0.3 is 5.11 Å². The highest BCUT2D eigenvalue weighted by Gasteiger charge is 2.25. The van der Waals surface area contributed by atoms with E-state index in [1.54, 1.807) is 6.92 Å². The molecular weight excluding hydrogens is 313 g/mol. The zero-order chi connectivity index (χ0) is 14.6. The van der Waals surface area contributed by atoms with Crippen LogP contribution >= 0.6 is 23.2 Å². The fourth-order valence-electron chi connectivity index (χ4n) is 1.46. The number of sulfonamides is 1. The summed E-state index contributed by atoms with van der Waals surface area (Å²) >= 11 is 11.4. The number of carboxylic acid groups (broad SMARTS) is 1. The van der Waals surface area contributed by atoms with Gasteiger partial charge in [0.2, 0.25) is 10.0 Å². The molecule has 0 aromatic heterocycles. The van der Waals surface area contributed by atoms with Crippen LogP contribution in [-0.4, -0.2) is 25.5 Å². The minimum atomic E-state index is -3.97. The lowest BCUT2D eigenvalue weighted by atomic mass is 10.2. The third kappa shape index (κ3) is 4.65. The SMILES string of the molecule is CCC[C@H](NS(=O)(=O)c1cc(Cl)cc(Cl)c1)C(=O)O. The van der Waals surface area contributed by atoms with Crippen molar-refractivity contribution in [3.63, 3.8) is 0 Å². The fourth-order valence-corrected chi connectivity index (χ4v) is 3.41. The number of carboxylic acids is 1. The van der Waals surface area contributed by atoms with Crippen molar-refractivity contribution in [2.75, 3.05) is 0 Å². The second kappa shape index (κ2) is 6.56. The van der Waals surface area contributed by atoms with Crippen LogP contribution in [0.2, 0.25) is 10.0 Å². The molecule has 0 aliphatic rings. The number of rotatable bonds is 6. The maximum atomic E-state index is 12.0. The second-order valence-electron chi connectivity index (χ2n) is 3.91. The zero-order valence-corrected chi connectivity index (χ0v) is 12.4. The molecule has 0 unspecified atom stereocenters. The van der Waals surface area contributed by atoms with Crippen LogP contribution < -0.4 is 4.72 Å². The molecule has 8 heteroatoms. The maximum Gasteiger partial charge on any atom is 0.321 e. The predicted octanol–water partition coefficient (Wildman–Crippen LogP) is 2.53. The van der Waals surface area contributed by atoms with Crippen molar-refractivity contribution in [1.82, 2.24) is 4.72 Å². The van der Waals surface area contributed by atoms with Crippen LogP contribution in [-0.2, 0) is 14.8 Å². The summed E-state index contributed by atoms with van der Waals surface area (Å²) in [5, 5.41) is 9.27. The third-order valence-electron chi connectivity index (χ3n) is 2.32. The lowest BCUT2D eigenvalue weighted by molar-refractivity contribution is -0.139. The van der Waals surface area contributed by atoms with E-state index in [4.69, 9.17) is 28.3 Å². The summed E-state index contributed by atoms with van der Waals surface area (Å²) in [5.74, 6) is -1.22. The number of carbonyl (C=O) groups is 1. The van der Waals surface area contributed by atoms with Crippen molar-refractivity contribution in [3.8, 4) is 0 Å². The Balaban J connectivity index is 3.06. The van der Waals surface area contributed by atoms with E-state index in [0.29, 0.717) is 6.42 Å². The topological polar surface area (TPSA) is 83.5 Å². The molecule has 1 aromatic rings. The summed E-state index contributed by atoms with van der Waals surface area (Å²) in [6.45, 7) is 1.76.